The fourth-order valence-corrected chi connectivity index (χ4v) is 5.03. The van der Waals surface area contributed by atoms with Crippen molar-refractivity contribution >= 4 is 0 Å². The van der Waals surface area contributed by atoms with Gasteiger partial charge in [-0.2, -0.15) is 13.2 Å². The molecular formula is C24H25F3N4O. The normalized spacial score (nSPS) is 21.2. The van der Waals surface area contributed by atoms with Crippen LogP contribution in [0.4, 0.5) is 13.2 Å². The number of aryl methyl sites for hydroxylation is 2. The molecule has 1 aromatic heterocycles. The summed E-state index contributed by atoms with van der Waals surface area (Å²) < 4.78 is 50.1. The van der Waals surface area contributed by atoms with Crippen molar-refractivity contribution in [2.75, 3.05) is 13.1 Å². The summed E-state index contributed by atoms with van der Waals surface area (Å²) in [6.07, 6.45) is -1.98. The van der Waals surface area contributed by atoms with Crippen LogP contribution < -0.4 is 4.74 Å². The number of fused-ring (bicyclic) bond motifs is 1. The van der Waals surface area contributed by atoms with Crippen LogP contribution in [0.2, 0.25) is 0 Å². The fourth-order valence-electron chi connectivity index (χ4n) is 5.03. The van der Waals surface area contributed by atoms with Crippen LogP contribution in [0.25, 0.3) is 5.69 Å². The first-order chi connectivity index (χ1) is 15.3. The lowest BCUT2D eigenvalue weighted by Crippen LogP contribution is -2.38. The van der Waals surface area contributed by atoms with Gasteiger partial charge in [0.15, 0.2) is 0 Å². The number of hydrogen-bond acceptors (Lipinski definition) is 4. The largest absolute Gasteiger partial charge is 0.483 e. The molecule has 3 aromatic rings. The van der Waals surface area contributed by atoms with Gasteiger partial charge in [0.1, 0.15) is 23.5 Å². The van der Waals surface area contributed by atoms with Gasteiger partial charge in [0.05, 0.1) is 11.6 Å². The summed E-state index contributed by atoms with van der Waals surface area (Å²) >= 11 is 0. The van der Waals surface area contributed by atoms with Gasteiger partial charge in [0.2, 0.25) is 0 Å². The summed E-state index contributed by atoms with van der Waals surface area (Å²) in [7, 11) is 0. The number of benzene rings is 2. The first-order valence-electron chi connectivity index (χ1n) is 10.9. The molecule has 2 atom stereocenters. The van der Waals surface area contributed by atoms with Gasteiger partial charge >= 0.3 is 6.18 Å². The van der Waals surface area contributed by atoms with Crippen molar-refractivity contribution < 1.29 is 17.9 Å². The Labute approximate surface area is 184 Å². The quantitative estimate of drug-likeness (QED) is 0.568. The van der Waals surface area contributed by atoms with Crippen molar-refractivity contribution in [1.82, 2.24) is 19.7 Å². The molecule has 1 fully saturated rings. The first kappa shape index (κ1) is 21.0. The molecule has 5 rings (SSSR count). The lowest BCUT2D eigenvalue weighted by molar-refractivity contribution is -0.139. The van der Waals surface area contributed by atoms with Crippen LogP contribution in [0.1, 0.15) is 47.3 Å². The van der Waals surface area contributed by atoms with Gasteiger partial charge in [-0.15, -0.1) is 10.2 Å². The van der Waals surface area contributed by atoms with E-state index in [4.69, 9.17) is 4.74 Å². The number of halogens is 3. The predicted octanol–water partition coefficient (Wildman–Crippen LogP) is 5.04. The number of likely N-dealkylation sites (tertiary alicyclic amines) is 1. The Morgan fingerprint density at radius 2 is 1.66 bits per heavy atom. The van der Waals surface area contributed by atoms with Crippen LogP contribution in [0.3, 0.4) is 0 Å². The maximum atomic E-state index is 14.1. The minimum absolute atomic E-state index is 0.0398. The van der Waals surface area contributed by atoms with Crippen molar-refractivity contribution in [3.63, 3.8) is 0 Å². The van der Waals surface area contributed by atoms with Gasteiger partial charge in [-0.25, -0.2) is 0 Å². The van der Waals surface area contributed by atoms with Gasteiger partial charge < -0.3 is 4.74 Å². The highest BCUT2D eigenvalue weighted by Gasteiger charge is 2.41. The number of ether oxygens (including phenoxy) is 1. The topological polar surface area (TPSA) is 43.2 Å². The second-order valence-electron chi connectivity index (χ2n) is 8.56. The summed E-state index contributed by atoms with van der Waals surface area (Å²) in [5.74, 6) is 0.918. The highest BCUT2D eigenvalue weighted by atomic mass is 19.4. The first-order valence-corrected chi connectivity index (χ1v) is 10.9. The van der Waals surface area contributed by atoms with Crippen LogP contribution in [0.5, 0.6) is 5.75 Å². The van der Waals surface area contributed by atoms with E-state index in [1.807, 2.05) is 24.3 Å². The van der Waals surface area contributed by atoms with E-state index in [0.29, 0.717) is 17.3 Å². The zero-order chi connectivity index (χ0) is 22.5. The van der Waals surface area contributed by atoms with Gasteiger partial charge in [-0.1, -0.05) is 24.3 Å². The molecule has 0 saturated carbocycles. The second kappa shape index (κ2) is 7.92. The van der Waals surface area contributed by atoms with Crippen LogP contribution in [-0.4, -0.2) is 38.8 Å². The molecule has 0 radical (unpaired) electrons. The molecule has 1 aliphatic heterocycles. The van der Waals surface area contributed by atoms with Crippen molar-refractivity contribution in [1.29, 1.82) is 0 Å². The van der Waals surface area contributed by atoms with E-state index in [2.05, 4.69) is 15.1 Å². The zero-order valence-electron chi connectivity index (χ0n) is 18.1. The highest BCUT2D eigenvalue weighted by molar-refractivity contribution is 5.48. The number of rotatable bonds is 4. The molecule has 2 aliphatic rings. The molecule has 2 aromatic carbocycles. The Morgan fingerprint density at radius 1 is 0.969 bits per heavy atom. The predicted molar refractivity (Wildman–Crippen MR) is 114 cm³/mol. The minimum atomic E-state index is -4.55. The molecule has 0 unspecified atom stereocenters. The Kier molecular flexibility index (Phi) is 5.20. The van der Waals surface area contributed by atoms with E-state index in [0.717, 1.165) is 49.5 Å². The highest BCUT2D eigenvalue weighted by Crippen LogP contribution is 2.43. The number of hydrogen-bond donors (Lipinski definition) is 0. The molecule has 32 heavy (non-hydrogen) atoms. The SMILES string of the molecule is Cc1nnc(C)n1-c1ccc(O[C@H]2c3ccccc3C[C@@H]2N2CCCC2)c(C(F)(F)F)c1. The maximum Gasteiger partial charge on any atom is 0.420 e. The average Bonchev–Trinajstić information content (AvgIpc) is 3.48. The fraction of sp³-hybridized carbons (Fsp3) is 0.417. The van der Waals surface area contributed by atoms with Crippen LogP contribution in [0.15, 0.2) is 42.5 Å². The summed E-state index contributed by atoms with van der Waals surface area (Å²) in [6.45, 7) is 5.34. The molecule has 0 amide bonds. The van der Waals surface area contributed by atoms with Gasteiger partial charge in [-0.3, -0.25) is 9.47 Å². The number of nitrogens with zero attached hydrogens (tertiary/aromatic N) is 4. The molecule has 0 bridgehead atoms. The lowest BCUT2D eigenvalue weighted by Gasteiger charge is -2.30. The van der Waals surface area contributed by atoms with Crippen molar-refractivity contribution in [2.45, 2.75) is 51.4 Å². The second-order valence-corrected chi connectivity index (χ2v) is 8.56. The monoisotopic (exact) mass is 442 g/mol. The third-order valence-electron chi connectivity index (χ3n) is 6.52. The van der Waals surface area contributed by atoms with Crippen LogP contribution in [0, 0.1) is 13.8 Å². The third-order valence-corrected chi connectivity index (χ3v) is 6.52. The van der Waals surface area contributed by atoms with E-state index in [-0.39, 0.29) is 11.8 Å². The minimum Gasteiger partial charge on any atom is -0.483 e. The van der Waals surface area contributed by atoms with Crippen molar-refractivity contribution in [3.05, 3.63) is 70.8 Å². The Bertz CT molecular complexity index is 1120. The Balaban J connectivity index is 1.55. The zero-order valence-corrected chi connectivity index (χ0v) is 18.1. The van der Waals surface area contributed by atoms with Gasteiger partial charge in [0.25, 0.3) is 0 Å². The molecule has 168 valence electrons. The summed E-state index contributed by atoms with van der Waals surface area (Å²) in [4.78, 5) is 2.36. The smallest absolute Gasteiger partial charge is 0.420 e. The van der Waals surface area contributed by atoms with Gasteiger partial charge in [0, 0.05) is 5.69 Å². The van der Waals surface area contributed by atoms with Crippen LogP contribution >= 0.6 is 0 Å². The van der Waals surface area contributed by atoms with Gasteiger partial charge in [-0.05, 0) is 75.5 Å². The summed E-state index contributed by atoms with van der Waals surface area (Å²) in [5.41, 5.74) is 1.71. The van der Waals surface area contributed by atoms with E-state index in [1.165, 1.54) is 6.07 Å². The lowest BCUT2D eigenvalue weighted by atomic mass is 10.1. The van der Waals surface area contributed by atoms with E-state index < -0.39 is 17.8 Å². The van der Waals surface area contributed by atoms with Crippen molar-refractivity contribution in [2.24, 2.45) is 0 Å². The average molecular weight is 442 g/mol. The van der Waals surface area contributed by atoms with E-state index in [1.54, 1.807) is 24.5 Å². The standard InChI is InChI=1S/C24H25F3N4O/c1-15-28-29-16(2)31(15)18-9-10-22(20(14-18)24(25,26)27)32-23-19-8-4-3-7-17(19)13-21(23)30-11-5-6-12-30/h3-4,7-10,14,21,23H,5-6,11-13H2,1-2H3/t21-,23-/m0/s1. The Hall–Kier alpha value is -2.87. The number of aromatic nitrogens is 3. The molecule has 1 saturated heterocycles. The molecule has 0 spiro atoms. The van der Waals surface area contributed by atoms with E-state index in [9.17, 15) is 13.2 Å². The summed E-state index contributed by atoms with van der Waals surface area (Å²) in [5, 5.41) is 7.93. The molecular weight excluding hydrogens is 417 g/mol. The molecule has 0 N–H and O–H groups in total. The third kappa shape index (κ3) is 3.66. The van der Waals surface area contributed by atoms with Crippen LogP contribution in [-0.2, 0) is 12.6 Å². The van der Waals surface area contributed by atoms with E-state index >= 15 is 0 Å². The molecule has 2 heterocycles. The summed E-state index contributed by atoms with van der Waals surface area (Å²) in [6, 6.07) is 12.2. The molecule has 5 nitrogen and oxygen atoms in total. The maximum absolute atomic E-state index is 14.1. The van der Waals surface area contributed by atoms with Crippen molar-refractivity contribution in [3.8, 4) is 11.4 Å². The molecule has 1 aliphatic carbocycles. The molecule has 8 heteroatoms. The Morgan fingerprint density at radius 3 is 2.34 bits per heavy atom. The number of alkyl halides is 3.